The molecule has 1 saturated heterocycles. The number of aromatic nitrogens is 2. The molecule has 158 valence electrons. The predicted molar refractivity (Wildman–Crippen MR) is 118 cm³/mol. The van der Waals surface area contributed by atoms with E-state index in [0.29, 0.717) is 54.6 Å². The van der Waals surface area contributed by atoms with E-state index in [4.69, 9.17) is 27.9 Å². The lowest BCUT2D eigenvalue weighted by molar-refractivity contribution is -0.189. The lowest BCUT2D eigenvalue weighted by atomic mass is 9.80. The number of nitrogens with one attached hydrogen (secondary N) is 1. The number of likely N-dealkylation sites (N-methyl/N-ethyl adjacent to an activating group) is 1. The van der Waals surface area contributed by atoms with Gasteiger partial charge in [0.2, 0.25) is 0 Å². The molecule has 0 bridgehead atoms. The topological polar surface area (TPSA) is 90.7 Å². The second-order valence-corrected chi connectivity index (χ2v) is 9.01. The average Bonchev–Trinajstić information content (AvgIpc) is 3.31. The number of likely N-dealkylation sites (tertiary alicyclic amines) is 1. The Morgan fingerprint density at radius 2 is 1.81 bits per heavy atom. The third kappa shape index (κ3) is 2.01. The number of hydrogen-bond acceptors (Lipinski definition) is 4. The number of halogens is 2. The SMILES string of the molecule is COc1c2n(c3cc(Cl)ccc13)[C@]1(O)C(=O)N(C)C[C@]1(O)c1c-2[nH]c2ccc(Cl)cc12. The normalized spacial score (nSPS) is 24.6. The summed E-state index contributed by atoms with van der Waals surface area (Å²) in [5.41, 5.74) is -1.64. The van der Waals surface area contributed by atoms with Crippen LogP contribution in [0.3, 0.4) is 0 Å². The van der Waals surface area contributed by atoms with E-state index in [-0.39, 0.29) is 6.54 Å². The smallest absolute Gasteiger partial charge is 0.279 e. The van der Waals surface area contributed by atoms with Crippen LogP contribution < -0.4 is 4.74 Å². The van der Waals surface area contributed by atoms with Crippen molar-refractivity contribution in [1.29, 1.82) is 0 Å². The molecule has 2 aromatic carbocycles. The summed E-state index contributed by atoms with van der Waals surface area (Å²) >= 11 is 12.5. The van der Waals surface area contributed by atoms with Gasteiger partial charge in [-0.1, -0.05) is 23.2 Å². The Morgan fingerprint density at radius 3 is 2.55 bits per heavy atom. The molecule has 7 nitrogen and oxygen atoms in total. The molecule has 3 N–H and O–H groups in total. The van der Waals surface area contributed by atoms with Gasteiger partial charge in [0.25, 0.3) is 11.6 Å². The van der Waals surface area contributed by atoms with Crippen LogP contribution in [0.4, 0.5) is 0 Å². The molecular weight excluding hydrogens is 441 g/mol. The molecule has 2 aliphatic heterocycles. The summed E-state index contributed by atoms with van der Waals surface area (Å²) in [6.07, 6.45) is 0. The Morgan fingerprint density at radius 1 is 1.10 bits per heavy atom. The largest absolute Gasteiger partial charge is 0.494 e. The molecule has 2 aromatic heterocycles. The number of benzene rings is 2. The van der Waals surface area contributed by atoms with Crippen LogP contribution in [0.25, 0.3) is 33.2 Å². The van der Waals surface area contributed by atoms with Crippen LogP contribution in [0.2, 0.25) is 10.0 Å². The van der Waals surface area contributed by atoms with E-state index in [0.717, 1.165) is 0 Å². The summed E-state index contributed by atoms with van der Waals surface area (Å²) < 4.78 is 7.19. The zero-order valence-electron chi connectivity index (χ0n) is 16.5. The van der Waals surface area contributed by atoms with Crippen molar-refractivity contribution in [3.8, 4) is 17.1 Å². The number of aliphatic hydroxyl groups is 2. The molecule has 0 saturated carbocycles. The molecule has 6 rings (SSSR count). The Bertz CT molecular complexity index is 1460. The number of rotatable bonds is 1. The maximum atomic E-state index is 13.4. The van der Waals surface area contributed by atoms with Gasteiger partial charge in [0.1, 0.15) is 5.69 Å². The summed E-state index contributed by atoms with van der Waals surface area (Å²) in [5, 5.41) is 26.2. The minimum Gasteiger partial charge on any atom is -0.494 e. The van der Waals surface area contributed by atoms with Crippen molar-refractivity contribution in [3.05, 3.63) is 52.0 Å². The minimum atomic E-state index is -2.30. The summed E-state index contributed by atoms with van der Waals surface area (Å²) in [7, 11) is 3.07. The van der Waals surface area contributed by atoms with Gasteiger partial charge in [-0.25, -0.2) is 0 Å². The highest BCUT2D eigenvalue weighted by Gasteiger charge is 2.69. The van der Waals surface area contributed by atoms with Gasteiger partial charge in [0, 0.05) is 38.9 Å². The molecular formula is C22H17Cl2N3O4. The fourth-order valence-corrected chi connectivity index (χ4v) is 5.61. The van der Waals surface area contributed by atoms with Gasteiger partial charge < -0.3 is 24.8 Å². The standard InChI is InChI=1S/C22H17Cl2N3O4/c1-26-9-21(29)16-13-7-10(23)4-6-14(13)25-17(16)18-19(31-2)12-5-3-11(24)8-15(12)27(18)22(21,30)20(26)28/h3-8,25,29-30H,9H2,1-2H3/t21-,22-/m0/s1. The third-order valence-corrected chi connectivity index (χ3v) is 6.98. The number of β-amino-alcohol motifs (C(OH)–C–C–N with tert-alkyl or cyclic N) is 1. The molecule has 0 unspecified atom stereocenters. The maximum absolute atomic E-state index is 13.4. The van der Waals surface area contributed by atoms with Gasteiger partial charge in [-0.05, 0) is 36.4 Å². The van der Waals surface area contributed by atoms with Gasteiger partial charge >= 0.3 is 0 Å². The number of carbonyl (C=O) groups is 1. The van der Waals surface area contributed by atoms with Crippen molar-refractivity contribution in [1.82, 2.24) is 14.5 Å². The van der Waals surface area contributed by atoms with Gasteiger partial charge in [0.15, 0.2) is 11.4 Å². The van der Waals surface area contributed by atoms with Crippen molar-refractivity contribution in [2.75, 3.05) is 20.7 Å². The summed E-state index contributed by atoms with van der Waals surface area (Å²) in [6.45, 7) is -0.100. The van der Waals surface area contributed by atoms with E-state index in [1.165, 1.54) is 16.6 Å². The molecule has 2 aliphatic rings. The highest BCUT2D eigenvalue weighted by molar-refractivity contribution is 6.32. The molecule has 4 aromatic rings. The Labute approximate surface area is 186 Å². The lowest BCUT2D eigenvalue weighted by Gasteiger charge is -2.41. The van der Waals surface area contributed by atoms with Crippen LogP contribution in [0, 0.1) is 0 Å². The quantitative estimate of drug-likeness (QED) is 0.408. The van der Waals surface area contributed by atoms with Gasteiger partial charge in [0.05, 0.1) is 24.9 Å². The molecule has 9 heteroatoms. The first-order valence-corrected chi connectivity index (χ1v) is 10.4. The van der Waals surface area contributed by atoms with E-state index < -0.39 is 17.2 Å². The number of ether oxygens (including phenoxy) is 1. The van der Waals surface area contributed by atoms with Crippen molar-refractivity contribution >= 4 is 50.9 Å². The fourth-order valence-electron chi connectivity index (χ4n) is 5.27. The monoisotopic (exact) mass is 457 g/mol. The molecule has 4 heterocycles. The molecule has 0 radical (unpaired) electrons. The average molecular weight is 458 g/mol. The zero-order valence-corrected chi connectivity index (χ0v) is 18.0. The van der Waals surface area contributed by atoms with E-state index in [1.807, 2.05) is 0 Å². The molecule has 1 amide bonds. The van der Waals surface area contributed by atoms with Crippen molar-refractivity contribution < 1.29 is 19.7 Å². The molecule has 1 fully saturated rings. The molecule has 0 spiro atoms. The van der Waals surface area contributed by atoms with E-state index >= 15 is 0 Å². The molecule has 2 atom stereocenters. The third-order valence-electron chi connectivity index (χ3n) is 6.51. The van der Waals surface area contributed by atoms with Crippen LogP contribution in [0.1, 0.15) is 5.56 Å². The van der Waals surface area contributed by atoms with E-state index in [2.05, 4.69) is 4.98 Å². The Balaban J connectivity index is 1.90. The van der Waals surface area contributed by atoms with Gasteiger partial charge in [-0.15, -0.1) is 0 Å². The highest BCUT2D eigenvalue weighted by Crippen LogP contribution is 2.58. The first-order valence-electron chi connectivity index (χ1n) is 9.63. The number of hydrogen-bond donors (Lipinski definition) is 3. The lowest BCUT2D eigenvalue weighted by Crippen LogP contribution is -2.57. The van der Waals surface area contributed by atoms with Crippen molar-refractivity contribution in [3.63, 3.8) is 0 Å². The van der Waals surface area contributed by atoms with E-state index in [9.17, 15) is 15.0 Å². The molecule has 31 heavy (non-hydrogen) atoms. The number of carbonyl (C=O) groups excluding carboxylic acids is 1. The Kier molecular flexibility index (Phi) is 3.52. The Hall–Kier alpha value is -2.71. The predicted octanol–water partition coefficient (Wildman–Crippen LogP) is 3.42. The first kappa shape index (κ1) is 19.0. The van der Waals surface area contributed by atoms with Crippen LogP contribution in [-0.4, -0.2) is 51.3 Å². The number of amides is 1. The zero-order chi connectivity index (χ0) is 21.9. The van der Waals surface area contributed by atoms with Crippen molar-refractivity contribution in [2.45, 2.75) is 11.3 Å². The van der Waals surface area contributed by atoms with Gasteiger partial charge in [-0.2, -0.15) is 0 Å². The van der Waals surface area contributed by atoms with Crippen LogP contribution in [-0.2, 0) is 16.1 Å². The number of H-pyrrole nitrogens is 1. The summed E-state index contributed by atoms with van der Waals surface area (Å²) in [4.78, 5) is 18.0. The van der Waals surface area contributed by atoms with Crippen LogP contribution in [0.15, 0.2) is 36.4 Å². The van der Waals surface area contributed by atoms with Crippen LogP contribution in [0.5, 0.6) is 5.75 Å². The van der Waals surface area contributed by atoms with Crippen LogP contribution >= 0.6 is 23.2 Å². The van der Waals surface area contributed by atoms with Gasteiger partial charge in [-0.3, -0.25) is 9.36 Å². The first-order chi connectivity index (χ1) is 14.7. The number of aromatic amines is 1. The number of methoxy groups -OCH3 is 1. The summed E-state index contributed by atoms with van der Waals surface area (Å²) in [5.74, 6) is -0.166. The maximum Gasteiger partial charge on any atom is 0.279 e. The summed E-state index contributed by atoms with van der Waals surface area (Å²) in [6, 6.07) is 10.4. The van der Waals surface area contributed by atoms with E-state index in [1.54, 1.807) is 43.4 Å². The highest BCUT2D eigenvalue weighted by atomic mass is 35.5. The number of nitrogens with zero attached hydrogens (tertiary/aromatic N) is 2. The number of fused-ring (bicyclic) bond motifs is 10. The molecule has 0 aliphatic carbocycles. The fraction of sp³-hybridized carbons (Fsp3) is 0.227. The minimum absolute atomic E-state index is 0.100. The second-order valence-electron chi connectivity index (χ2n) is 8.14. The second kappa shape index (κ2) is 5.75. The van der Waals surface area contributed by atoms with Crippen molar-refractivity contribution in [2.24, 2.45) is 0 Å².